The normalized spacial score (nSPS) is 12.3. The quantitative estimate of drug-likeness (QED) is 0.858. The summed E-state index contributed by atoms with van der Waals surface area (Å²) in [6.07, 6.45) is 3.77. The summed E-state index contributed by atoms with van der Waals surface area (Å²) >= 11 is 2.22. The largest absolute Gasteiger partial charge is 0.481 e. The minimum absolute atomic E-state index is 0.468. The van der Waals surface area contributed by atoms with Crippen LogP contribution in [-0.2, 0) is 11.3 Å². The maximum absolute atomic E-state index is 10.9. The van der Waals surface area contributed by atoms with Crippen LogP contribution in [0.3, 0.4) is 0 Å². The Bertz CT molecular complexity index is 548. The topological polar surface area (TPSA) is 55.1 Å². The molecular formula is C13H13IN2O2. The van der Waals surface area contributed by atoms with E-state index in [1.54, 1.807) is 13.1 Å². The summed E-state index contributed by atoms with van der Waals surface area (Å²) in [5, 5.41) is 13.1. The predicted molar refractivity (Wildman–Crippen MR) is 76.5 cm³/mol. The second kappa shape index (κ2) is 5.51. The fraction of sp³-hybridized carbons (Fsp3) is 0.231. The van der Waals surface area contributed by atoms with Crippen LogP contribution >= 0.6 is 22.6 Å². The standard InChI is InChI=1S/C13H13IN2O2/c1-9(13(17)18)11-4-2-10(3-5-11)7-16-8-12(14)6-15-16/h2-6,8-9H,7H2,1H3,(H,17,18). The van der Waals surface area contributed by atoms with E-state index in [1.807, 2.05) is 35.1 Å². The van der Waals surface area contributed by atoms with Crippen molar-refractivity contribution in [3.63, 3.8) is 0 Å². The van der Waals surface area contributed by atoms with Crippen LogP contribution in [0.2, 0.25) is 0 Å². The molecule has 0 radical (unpaired) electrons. The van der Waals surface area contributed by atoms with Gasteiger partial charge in [-0.2, -0.15) is 5.10 Å². The molecule has 0 amide bonds. The van der Waals surface area contributed by atoms with Crippen molar-refractivity contribution in [2.24, 2.45) is 0 Å². The fourth-order valence-electron chi connectivity index (χ4n) is 1.67. The molecule has 2 rings (SSSR count). The van der Waals surface area contributed by atoms with Crippen LogP contribution in [0.15, 0.2) is 36.7 Å². The molecule has 0 bridgehead atoms. The van der Waals surface area contributed by atoms with E-state index in [9.17, 15) is 4.79 Å². The van der Waals surface area contributed by atoms with Crippen LogP contribution in [0.5, 0.6) is 0 Å². The molecule has 0 fully saturated rings. The van der Waals surface area contributed by atoms with Gasteiger partial charge in [0.05, 0.1) is 22.2 Å². The highest BCUT2D eigenvalue weighted by molar-refractivity contribution is 14.1. The molecule has 18 heavy (non-hydrogen) atoms. The van der Waals surface area contributed by atoms with E-state index < -0.39 is 11.9 Å². The van der Waals surface area contributed by atoms with Crippen LogP contribution in [0.25, 0.3) is 0 Å². The second-order valence-electron chi connectivity index (χ2n) is 4.16. The lowest BCUT2D eigenvalue weighted by Gasteiger charge is -2.08. The van der Waals surface area contributed by atoms with Gasteiger partial charge in [-0.1, -0.05) is 24.3 Å². The molecule has 2 aromatic rings. The van der Waals surface area contributed by atoms with E-state index >= 15 is 0 Å². The van der Waals surface area contributed by atoms with Crippen LogP contribution in [0, 0.1) is 3.57 Å². The third-order valence-electron chi connectivity index (χ3n) is 2.80. The number of carbonyl (C=O) groups is 1. The number of hydrogen-bond acceptors (Lipinski definition) is 2. The van der Waals surface area contributed by atoms with Crippen molar-refractivity contribution in [1.29, 1.82) is 0 Å². The number of aliphatic carboxylic acids is 1. The Morgan fingerprint density at radius 2 is 2.11 bits per heavy atom. The lowest BCUT2D eigenvalue weighted by Crippen LogP contribution is -2.07. The number of rotatable bonds is 4. The van der Waals surface area contributed by atoms with Crippen molar-refractivity contribution >= 4 is 28.6 Å². The van der Waals surface area contributed by atoms with Gasteiger partial charge in [0, 0.05) is 6.20 Å². The highest BCUT2D eigenvalue weighted by Crippen LogP contribution is 2.16. The fourth-order valence-corrected chi connectivity index (χ4v) is 2.11. The summed E-state index contributed by atoms with van der Waals surface area (Å²) in [6, 6.07) is 7.62. The molecule has 4 nitrogen and oxygen atoms in total. The first-order valence-corrected chi connectivity index (χ1v) is 6.64. The summed E-state index contributed by atoms with van der Waals surface area (Å²) in [7, 11) is 0. The van der Waals surface area contributed by atoms with E-state index in [-0.39, 0.29) is 0 Å². The Morgan fingerprint density at radius 3 is 2.61 bits per heavy atom. The van der Waals surface area contributed by atoms with Gasteiger partial charge in [0.25, 0.3) is 0 Å². The van der Waals surface area contributed by atoms with Gasteiger partial charge in [-0.25, -0.2) is 0 Å². The zero-order chi connectivity index (χ0) is 13.1. The summed E-state index contributed by atoms with van der Waals surface area (Å²) in [5.41, 5.74) is 1.93. The van der Waals surface area contributed by atoms with Gasteiger partial charge in [-0.15, -0.1) is 0 Å². The Hall–Kier alpha value is -1.37. The minimum Gasteiger partial charge on any atom is -0.481 e. The van der Waals surface area contributed by atoms with Crippen molar-refractivity contribution in [3.8, 4) is 0 Å². The average Bonchev–Trinajstić information content (AvgIpc) is 2.75. The number of halogens is 1. The monoisotopic (exact) mass is 356 g/mol. The van der Waals surface area contributed by atoms with Gasteiger partial charge in [0.15, 0.2) is 0 Å². The molecule has 1 aromatic carbocycles. The van der Waals surface area contributed by atoms with Crippen molar-refractivity contribution in [1.82, 2.24) is 9.78 Å². The number of carboxylic acids is 1. The van der Waals surface area contributed by atoms with E-state index in [4.69, 9.17) is 5.11 Å². The molecule has 1 unspecified atom stereocenters. The van der Waals surface area contributed by atoms with Crippen molar-refractivity contribution in [3.05, 3.63) is 51.4 Å². The van der Waals surface area contributed by atoms with E-state index in [0.717, 1.165) is 14.7 Å². The maximum Gasteiger partial charge on any atom is 0.310 e. The third kappa shape index (κ3) is 3.10. The Labute approximate surface area is 119 Å². The first-order chi connectivity index (χ1) is 8.56. The SMILES string of the molecule is CC(C(=O)O)c1ccc(Cn2cc(I)cn2)cc1. The molecule has 0 saturated heterocycles. The molecule has 94 valence electrons. The number of aromatic nitrogens is 2. The summed E-state index contributed by atoms with van der Waals surface area (Å²) < 4.78 is 2.96. The Balaban J connectivity index is 2.10. The Morgan fingerprint density at radius 1 is 1.44 bits per heavy atom. The highest BCUT2D eigenvalue weighted by atomic mass is 127. The predicted octanol–water partition coefficient (Wildman–Crippen LogP) is 2.72. The number of carboxylic acid groups (broad SMARTS) is 1. The van der Waals surface area contributed by atoms with Gasteiger partial charge in [0.1, 0.15) is 0 Å². The zero-order valence-electron chi connectivity index (χ0n) is 9.88. The van der Waals surface area contributed by atoms with E-state index in [0.29, 0.717) is 6.54 Å². The lowest BCUT2D eigenvalue weighted by molar-refractivity contribution is -0.138. The molecule has 0 aliphatic rings. The number of benzene rings is 1. The highest BCUT2D eigenvalue weighted by Gasteiger charge is 2.12. The number of hydrogen-bond donors (Lipinski definition) is 1. The van der Waals surface area contributed by atoms with E-state index in [1.165, 1.54) is 0 Å². The molecule has 5 heteroatoms. The van der Waals surface area contributed by atoms with E-state index in [2.05, 4.69) is 27.7 Å². The molecule has 0 saturated carbocycles. The summed E-state index contributed by atoms with van der Waals surface area (Å²) in [5.74, 6) is -1.27. The van der Waals surface area contributed by atoms with Gasteiger partial charge in [-0.05, 0) is 40.6 Å². The van der Waals surface area contributed by atoms with Gasteiger partial charge < -0.3 is 5.11 Å². The molecule has 0 aliphatic heterocycles. The first kappa shape index (κ1) is 13.1. The van der Waals surface area contributed by atoms with Gasteiger partial charge >= 0.3 is 5.97 Å². The maximum atomic E-state index is 10.9. The average molecular weight is 356 g/mol. The van der Waals surface area contributed by atoms with Crippen molar-refractivity contribution < 1.29 is 9.90 Å². The van der Waals surface area contributed by atoms with Crippen LogP contribution in [0.1, 0.15) is 24.0 Å². The molecule has 0 aliphatic carbocycles. The molecule has 1 N–H and O–H groups in total. The van der Waals surface area contributed by atoms with Crippen LogP contribution < -0.4 is 0 Å². The minimum atomic E-state index is -0.802. The Kier molecular flexibility index (Phi) is 4.00. The second-order valence-corrected chi connectivity index (χ2v) is 5.40. The van der Waals surface area contributed by atoms with Gasteiger partial charge in [-0.3, -0.25) is 9.48 Å². The number of nitrogens with zero attached hydrogens (tertiary/aromatic N) is 2. The smallest absolute Gasteiger partial charge is 0.310 e. The summed E-state index contributed by atoms with van der Waals surface area (Å²) in [6.45, 7) is 2.39. The summed E-state index contributed by atoms with van der Waals surface area (Å²) in [4.78, 5) is 10.9. The molecule has 1 aromatic heterocycles. The molecule has 1 atom stereocenters. The third-order valence-corrected chi connectivity index (χ3v) is 3.35. The van der Waals surface area contributed by atoms with Crippen LogP contribution in [-0.4, -0.2) is 20.9 Å². The molecule has 1 heterocycles. The van der Waals surface area contributed by atoms with Crippen molar-refractivity contribution in [2.75, 3.05) is 0 Å². The zero-order valence-corrected chi connectivity index (χ0v) is 12.0. The first-order valence-electron chi connectivity index (χ1n) is 5.56. The lowest BCUT2D eigenvalue weighted by atomic mass is 10.0. The van der Waals surface area contributed by atoms with Crippen molar-refractivity contribution in [2.45, 2.75) is 19.4 Å². The van der Waals surface area contributed by atoms with Crippen LogP contribution in [0.4, 0.5) is 0 Å². The molecule has 0 spiro atoms. The molecular weight excluding hydrogens is 343 g/mol. The van der Waals surface area contributed by atoms with Gasteiger partial charge in [0.2, 0.25) is 0 Å².